The summed E-state index contributed by atoms with van der Waals surface area (Å²) < 4.78 is 32.5. The second kappa shape index (κ2) is 7.05. The van der Waals surface area contributed by atoms with Gasteiger partial charge in [0.25, 0.3) is 0 Å². The van der Waals surface area contributed by atoms with E-state index in [1.54, 1.807) is 24.3 Å². The van der Waals surface area contributed by atoms with Gasteiger partial charge in [-0.1, -0.05) is 6.07 Å². The van der Waals surface area contributed by atoms with Crippen LogP contribution in [-0.2, 0) is 15.0 Å². The number of nitrogens with zero attached hydrogens (tertiary/aromatic N) is 1. The molecule has 3 rings (SSSR count). The Kier molecular flexibility index (Phi) is 5.72. The van der Waals surface area contributed by atoms with Crippen molar-refractivity contribution in [2.24, 2.45) is 0 Å². The second-order valence-electron chi connectivity index (χ2n) is 4.95. The number of aldehydes is 1. The van der Waals surface area contributed by atoms with Crippen LogP contribution in [0.25, 0.3) is 10.8 Å². The van der Waals surface area contributed by atoms with E-state index in [0.29, 0.717) is 12.0 Å². The first-order chi connectivity index (χ1) is 10.4. The normalized spacial score (nSPS) is 19.3. The number of hydrogen-bond donors (Lipinski definition) is 2. The van der Waals surface area contributed by atoms with Crippen LogP contribution >= 0.6 is 0 Å². The predicted octanol–water partition coefficient (Wildman–Crippen LogP) is 0.127. The topological polar surface area (TPSA) is 95.9 Å². The number of ether oxygens (including phenoxy) is 1. The van der Waals surface area contributed by atoms with Gasteiger partial charge in [0.05, 0.1) is 25.4 Å². The minimum absolute atomic E-state index is 0. The number of rotatable bonds is 3. The van der Waals surface area contributed by atoms with Crippen LogP contribution in [0, 0.1) is 0 Å². The zero-order valence-electron chi connectivity index (χ0n) is 11.7. The molecule has 1 fully saturated rings. The second-order valence-corrected chi connectivity index (χ2v) is 6.58. The number of hydrogen-bond acceptors (Lipinski definition) is 5. The summed E-state index contributed by atoms with van der Waals surface area (Å²) >= 11 is 0. The molecular weight excluding hydrogens is 347 g/mol. The van der Waals surface area contributed by atoms with E-state index < -0.39 is 16.3 Å². The summed E-state index contributed by atoms with van der Waals surface area (Å²) in [6.45, 7) is -0.0606. The Labute approximate surface area is 176 Å². The summed E-state index contributed by atoms with van der Waals surface area (Å²) in [6, 6.07) is 7.46. The fraction of sp³-hybridized carbons (Fsp3) is 0.214. The van der Waals surface area contributed by atoms with E-state index in [1.807, 2.05) is 0 Å². The Morgan fingerprint density at radius 1 is 1.30 bits per heavy atom. The molecule has 1 unspecified atom stereocenters. The Morgan fingerprint density at radius 2 is 2.04 bits per heavy atom. The number of fused-ring (bicyclic) bond motifs is 1. The van der Waals surface area contributed by atoms with Gasteiger partial charge in [-0.2, -0.15) is 13.1 Å². The van der Waals surface area contributed by atoms with Crippen molar-refractivity contribution in [2.45, 2.75) is 6.04 Å². The van der Waals surface area contributed by atoms with Gasteiger partial charge in [0.15, 0.2) is 0 Å². The molecule has 2 aromatic rings. The van der Waals surface area contributed by atoms with E-state index in [2.05, 4.69) is 4.72 Å². The maximum absolute atomic E-state index is 12.1. The van der Waals surface area contributed by atoms with Crippen LogP contribution in [0.15, 0.2) is 30.3 Å². The average molecular weight is 362 g/mol. The Balaban J connectivity index is 0.00000192. The number of phenolic OH excluding ortho intramolecular Hbond substituents is 1. The Hall–Kier alpha value is -0.684. The van der Waals surface area contributed by atoms with Crippen LogP contribution in [0.2, 0.25) is 0 Å². The molecular formula is C14H15KN2O5S. The van der Waals surface area contributed by atoms with E-state index in [1.165, 1.54) is 13.2 Å². The quantitative estimate of drug-likeness (QED) is 0.598. The fourth-order valence-corrected chi connectivity index (χ4v) is 3.85. The molecule has 1 aliphatic rings. The molecule has 9 heteroatoms. The molecule has 0 amide bonds. The van der Waals surface area contributed by atoms with E-state index >= 15 is 0 Å². The zero-order valence-corrected chi connectivity index (χ0v) is 12.5. The molecule has 1 heterocycles. The predicted molar refractivity (Wildman–Crippen MR) is 88.6 cm³/mol. The first-order valence-electron chi connectivity index (χ1n) is 6.50. The third-order valence-electron chi connectivity index (χ3n) is 3.53. The van der Waals surface area contributed by atoms with Crippen LogP contribution in [0.4, 0.5) is 5.69 Å². The number of phenols is 1. The number of nitrogens with one attached hydrogen (secondary N) is 1. The number of methoxy groups -OCH3 is 1. The number of carbonyl (C=O) groups excluding carboxylic acids is 1. The molecule has 0 bridgehead atoms. The van der Waals surface area contributed by atoms with Gasteiger partial charge >= 0.3 is 61.6 Å². The summed E-state index contributed by atoms with van der Waals surface area (Å²) in [5.41, 5.74) is 0.123. The van der Waals surface area contributed by atoms with Crippen LogP contribution in [0.1, 0.15) is 0 Å². The molecule has 2 aromatic carbocycles. The van der Waals surface area contributed by atoms with Crippen LogP contribution in [0.5, 0.6) is 11.5 Å². The number of carbonyl (C=O) groups is 1. The van der Waals surface area contributed by atoms with Gasteiger partial charge in [0, 0.05) is 0 Å². The van der Waals surface area contributed by atoms with Gasteiger partial charge in [-0.3, -0.25) is 4.31 Å². The van der Waals surface area contributed by atoms with Gasteiger partial charge in [-0.15, -0.1) is 0 Å². The molecule has 0 radical (unpaired) electrons. The minimum atomic E-state index is -3.85. The summed E-state index contributed by atoms with van der Waals surface area (Å²) in [5, 5.41) is 11.6. The SMILES string of the molecule is COc1ccc2cc(O)c(N3CC(C=O)NS3(=O)=O)cc2c1.[KH]. The third-order valence-corrected chi connectivity index (χ3v) is 5.05. The van der Waals surface area contributed by atoms with Gasteiger partial charge in [-0.25, -0.2) is 0 Å². The molecule has 118 valence electrons. The van der Waals surface area contributed by atoms with E-state index in [9.17, 15) is 18.3 Å². The molecule has 0 saturated carbocycles. The molecule has 0 spiro atoms. The number of benzene rings is 2. The van der Waals surface area contributed by atoms with Crippen LogP contribution < -0.4 is 13.8 Å². The zero-order chi connectivity index (χ0) is 15.9. The Bertz CT molecular complexity index is 856. The molecule has 1 saturated heterocycles. The molecule has 0 aliphatic carbocycles. The van der Waals surface area contributed by atoms with Crippen LogP contribution in [0.3, 0.4) is 0 Å². The third kappa shape index (κ3) is 3.55. The molecule has 23 heavy (non-hydrogen) atoms. The van der Waals surface area contributed by atoms with Gasteiger partial charge in [-0.05, 0) is 35.0 Å². The van der Waals surface area contributed by atoms with Crippen molar-refractivity contribution in [2.75, 3.05) is 18.0 Å². The molecule has 1 aliphatic heterocycles. The van der Waals surface area contributed by atoms with E-state index in [-0.39, 0.29) is 69.4 Å². The Morgan fingerprint density at radius 3 is 2.65 bits per heavy atom. The molecule has 0 aromatic heterocycles. The fourth-order valence-electron chi connectivity index (χ4n) is 2.45. The van der Waals surface area contributed by atoms with Gasteiger partial charge in [0.2, 0.25) is 0 Å². The monoisotopic (exact) mass is 362 g/mol. The maximum atomic E-state index is 12.1. The van der Waals surface area contributed by atoms with Crippen molar-refractivity contribution >= 4 is 84.3 Å². The summed E-state index contributed by atoms with van der Waals surface area (Å²) in [7, 11) is -2.31. The van der Waals surface area contributed by atoms with Crippen molar-refractivity contribution in [1.29, 1.82) is 0 Å². The summed E-state index contributed by atoms with van der Waals surface area (Å²) in [5.74, 6) is 0.451. The first kappa shape index (κ1) is 18.7. The van der Waals surface area contributed by atoms with Crippen LogP contribution in [-0.4, -0.2) is 90.9 Å². The van der Waals surface area contributed by atoms with E-state index in [4.69, 9.17) is 4.74 Å². The molecule has 7 nitrogen and oxygen atoms in total. The van der Waals surface area contributed by atoms with E-state index in [0.717, 1.165) is 15.1 Å². The number of anilines is 1. The van der Waals surface area contributed by atoms with Crippen molar-refractivity contribution in [3.05, 3.63) is 30.3 Å². The van der Waals surface area contributed by atoms with Crippen molar-refractivity contribution < 1.29 is 23.1 Å². The van der Waals surface area contributed by atoms with Crippen molar-refractivity contribution in [1.82, 2.24) is 4.72 Å². The standard InChI is InChI=1S/C14H14N2O5S.K.H/c1-21-12-3-2-9-6-14(18)13(5-10(9)4-12)16-7-11(8-17)15-22(16,19)20;;/h2-6,8,11,15,18H,7H2,1H3;;. The average Bonchev–Trinajstić information content (AvgIpc) is 2.81. The van der Waals surface area contributed by atoms with Crippen molar-refractivity contribution in [3.8, 4) is 11.5 Å². The van der Waals surface area contributed by atoms with Gasteiger partial charge < -0.3 is 14.6 Å². The molecule has 1 atom stereocenters. The number of aromatic hydroxyl groups is 1. The molecule has 2 N–H and O–H groups in total. The van der Waals surface area contributed by atoms with Gasteiger partial charge in [0.1, 0.15) is 17.8 Å². The summed E-state index contributed by atoms with van der Waals surface area (Å²) in [6.07, 6.45) is 0.526. The van der Waals surface area contributed by atoms with Crippen molar-refractivity contribution in [3.63, 3.8) is 0 Å². The first-order valence-corrected chi connectivity index (χ1v) is 7.94. The summed E-state index contributed by atoms with van der Waals surface area (Å²) in [4.78, 5) is 10.8.